The number of benzene rings is 3. The Balaban J connectivity index is 1.13. The first kappa shape index (κ1) is 23.9. The lowest BCUT2D eigenvalue weighted by atomic mass is 10.1. The van der Waals surface area contributed by atoms with Gasteiger partial charge in [0, 0.05) is 79.3 Å². The Morgan fingerprint density at radius 3 is 1.11 bits per heavy atom. The fourth-order valence-corrected chi connectivity index (χ4v) is 7.31. The van der Waals surface area contributed by atoms with Crippen molar-refractivity contribution >= 4 is 87.5 Å². The summed E-state index contributed by atoms with van der Waals surface area (Å²) in [6.07, 6.45) is 15.0. The topological polar surface area (TPSA) is 87.7 Å². The summed E-state index contributed by atoms with van der Waals surface area (Å²) in [5, 5.41) is 8.60. The quantitative estimate of drug-likeness (QED) is 0.199. The SMILES string of the molecule is c1cc2c3ccncc3n(-c3ccc4oc5c(ccc6c7cc(-n8c9cnccc9c9ccncc98)ccc7oc65)c4c3)c2cn1. The maximum atomic E-state index is 6.51. The summed E-state index contributed by atoms with van der Waals surface area (Å²) in [4.78, 5) is 17.7. The lowest BCUT2D eigenvalue weighted by Crippen LogP contribution is -1.94. The summed E-state index contributed by atoms with van der Waals surface area (Å²) < 4.78 is 17.4. The molecule has 8 aromatic heterocycles. The van der Waals surface area contributed by atoms with Crippen molar-refractivity contribution in [3.63, 3.8) is 0 Å². The van der Waals surface area contributed by atoms with Crippen LogP contribution in [0.4, 0.5) is 0 Å². The first-order chi connectivity index (χ1) is 22.8. The largest absolute Gasteiger partial charge is 0.452 e. The zero-order chi connectivity index (χ0) is 29.9. The summed E-state index contributed by atoms with van der Waals surface area (Å²) in [5.41, 5.74) is 9.22. The number of nitrogens with zero attached hydrogens (tertiary/aromatic N) is 6. The van der Waals surface area contributed by atoms with Gasteiger partial charge in [0.1, 0.15) is 11.2 Å². The van der Waals surface area contributed by atoms with Gasteiger partial charge in [-0.15, -0.1) is 0 Å². The minimum Gasteiger partial charge on any atom is -0.452 e. The van der Waals surface area contributed by atoms with Crippen LogP contribution in [0.2, 0.25) is 0 Å². The van der Waals surface area contributed by atoms with Gasteiger partial charge >= 0.3 is 0 Å². The molecule has 214 valence electrons. The van der Waals surface area contributed by atoms with Crippen molar-refractivity contribution in [3.05, 3.63) is 122 Å². The Kier molecular flexibility index (Phi) is 4.43. The molecule has 0 spiro atoms. The van der Waals surface area contributed by atoms with Crippen LogP contribution < -0.4 is 0 Å². The van der Waals surface area contributed by atoms with E-state index in [2.05, 4.69) is 89.7 Å². The lowest BCUT2D eigenvalue weighted by Gasteiger charge is -2.07. The zero-order valence-electron chi connectivity index (χ0n) is 24.0. The van der Waals surface area contributed by atoms with Crippen LogP contribution in [0, 0.1) is 0 Å². The van der Waals surface area contributed by atoms with Crippen molar-refractivity contribution in [2.75, 3.05) is 0 Å². The maximum Gasteiger partial charge on any atom is 0.178 e. The summed E-state index contributed by atoms with van der Waals surface area (Å²) in [6.45, 7) is 0. The smallest absolute Gasteiger partial charge is 0.178 e. The molecule has 8 nitrogen and oxygen atoms in total. The molecule has 0 bridgehead atoms. The molecule has 0 fully saturated rings. The molecule has 3 aromatic carbocycles. The number of furan rings is 2. The molecule has 8 heteroatoms. The van der Waals surface area contributed by atoms with Crippen LogP contribution in [0.3, 0.4) is 0 Å². The predicted molar refractivity (Wildman–Crippen MR) is 181 cm³/mol. The monoisotopic (exact) mass is 592 g/mol. The fourth-order valence-electron chi connectivity index (χ4n) is 7.31. The zero-order valence-corrected chi connectivity index (χ0v) is 24.0. The molecule has 0 aliphatic rings. The van der Waals surface area contributed by atoms with Crippen LogP contribution in [0.15, 0.2) is 131 Å². The Morgan fingerprint density at radius 2 is 0.739 bits per heavy atom. The van der Waals surface area contributed by atoms with Crippen molar-refractivity contribution in [1.82, 2.24) is 29.1 Å². The van der Waals surface area contributed by atoms with Crippen molar-refractivity contribution in [1.29, 1.82) is 0 Å². The second-order valence-electron chi connectivity index (χ2n) is 11.6. The van der Waals surface area contributed by atoms with Crippen LogP contribution in [-0.2, 0) is 0 Å². The molecule has 0 aliphatic carbocycles. The molecule has 8 heterocycles. The van der Waals surface area contributed by atoms with Gasteiger partial charge in [0.05, 0.1) is 46.9 Å². The first-order valence-electron chi connectivity index (χ1n) is 15.0. The molecule has 0 unspecified atom stereocenters. The molecule has 0 N–H and O–H groups in total. The van der Waals surface area contributed by atoms with E-state index in [1.807, 2.05) is 61.7 Å². The van der Waals surface area contributed by atoms with Crippen LogP contribution in [0.25, 0.3) is 98.9 Å². The molecule has 0 radical (unpaired) electrons. The molecule has 0 amide bonds. The molecule has 11 aromatic rings. The van der Waals surface area contributed by atoms with E-state index in [1.54, 1.807) is 0 Å². The van der Waals surface area contributed by atoms with E-state index < -0.39 is 0 Å². The van der Waals surface area contributed by atoms with Crippen LogP contribution in [0.1, 0.15) is 0 Å². The van der Waals surface area contributed by atoms with Gasteiger partial charge in [0.15, 0.2) is 11.2 Å². The van der Waals surface area contributed by atoms with Gasteiger partial charge in [-0.25, -0.2) is 0 Å². The Bertz CT molecular complexity index is 2740. The highest BCUT2D eigenvalue weighted by Gasteiger charge is 2.19. The highest BCUT2D eigenvalue weighted by molar-refractivity contribution is 6.19. The third kappa shape index (κ3) is 3.02. The van der Waals surface area contributed by atoms with E-state index in [-0.39, 0.29) is 0 Å². The van der Waals surface area contributed by atoms with E-state index in [4.69, 9.17) is 8.83 Å². The van der Waals surface area contributed by atoms with Gasteiger partial charge in [-0.3, -0.25) is 19.9 Å². The number of hydrogen-bond donors (Lipinski definition) is 0. The highest BCUT2D eigenvalue weighted by Crippen LogP contribution is 2.41. The van der Waals surface area contributed by atoms with Crippen LogP contribution in [-0.4, -0.2) is 29.1 Å². The van der Waals surface area contributed by atoms with Crippen molar-refractivity contribution < 1.29 is 8.83 Å². The van der Waals surface area contributed by atoms with Crippen LogP contribution in [0.5, 0.6) is 0 Å². The standard InChI is InChI=1S/C38H20N6O2/c1-5-35-29(15-21(1)43-31-17-39-11-7-23(31)24-8-12-40-18-32(24)43)27-3-4-28-30-16-22(2-6-36(30)46-38(28)37(27)45-35)44-33-19-41-13-9-25(33)26-10-14-42-20-34(26)44/h1-20H. The molecule has 0 saturated heterocycles. The highest BCUT2D eigenvalue weighted by atomic mass is 16.4. The second kappa shape index (κ2) is 8.55. The van der Waals surface area contributed by atoms with Gasteiger partial charge in [0.25, 0.3) is 0 Å². The normalized spacial score (nSPS) is 12.3. The number of rotatable bonds is 2. The molecule has 0 aliphatic heterocycles. The summed E-state index contributed by atoms with van der Waals surface area (Å²) in [7, 11) is 0. The molecule has 11 rings (SSSR count). The van der Waals surface area contributed by atoms with Gasteiger partial charge < -0.3 is 18.0 Å². The summed E-state index contributed by atoms with van der Waals surface area (Å²) in [6, 6.07) is 25.1. The van der Waals surface area contributed by atoms with Crippen molar-refractivity contribution in [2.45, 2.75) is 0 Å². The number of pyridine rings is 4. The average Bonchev–Trinajstić information content (AvgIpc) is 3.85. The van der Waals surface area contributed by atoms with Gasteiger partial charge in [-0.1, -0.05) is 0 Å². The average molecular weight is 593 g/mol. The third-order valence-electron chi connectivity index (χ3n) is 9.30. The van der Waals surface area contributed by atoms with Crippen molar-refractivity contribution in [3.8, 4) is 11.4 Å². The van der Waals surface area contributed by atoms with E-state index in [1.165, 1.54) is 0 Å². The summed E-state index contributed by atoms with van der Waals surface area (Å²) in [5.74, 6) is 0. The first-order valence-corrected chi connectivity index (χ1v) is 15.0. The van der Waals surface area contributed by atoms with E-state index in [0.29, 0.717) is 0 Å². The second-order valence-corrected chi connectivity index (χ2v) is 11.6. The van der Waals surface area contributed by atoms with E-state index in [9.17, 15) is 0 Å². The van der Waals surface area contributed by atoms with Crippen LogP contribution >= 0.6 is 0 Å². The lowest BCUT2D eigenvalue weighted by molar-refractivity contribution is 0.633. The fraction of sp³-hybridized carbons (Fsp3) is 0. The van der Waals surface area contributed by atoms with E-state index >= 15 is 0 Å². The third-order valence-corrected chi connectivity index (χ3v) is 9.30. The minimum absolute atomic E-state index is 0.734. The predicted octanol–water partition coefficient (Wildman–Crippen LogP) is 9.26. The molecule has 0 atom stereocenters. The number of hydrogen-bond acceptors (Lipinski definition) is 6. The molecule has 46 heavy (non-hydrogen) atoms. The van der Waals surface area contributed by atoms with Gasteiger partial charge in [0.2, 0.25) is 0 Å². The van der Waals surface area contributed by atoms with E-state index in [0.717, 1.165) is 98.9 Å². The Labute approximate surface area is 258 Å². The molecule has 0 saturated carbocycles. The summed E-state index contributed by atoms with van der Waals surface area (Å²) >= 11 is 0. The Morgan fingerprint density at radius 1 is 0.370 bits per heavy atom. The number of fused-ring (bicyclic) bond motifs is 13. The molecular weight excluding hydrogens is 572 g/mol. The maximum absolute atomic E-state index is 6.51. The number of aromatic nitrogens is 6. The minimum atomic E-state index is 0.734. The van der Waals surface area contributed by atoms with Gasteiger partial charge in [-0.05, 0) is 72.8 Å². The molecular formula is C38H20N6O2. The Hall–Kier alpha value is -6.54. The van der Waals surface area contributed by atoms with Crippen molar-refractivity contribution in [2.24, 2.45) is 0 Å². The van der Waals surface area contributed by atoms with Gasteiger partial charge in [-0.2, -0.15) is 0 Å².